The van der Waals surface area contributed by atoms with Gasteiger partial charge in [-0.3, -0.25) is 4.98 Å². The van der Waals surface area contributed by atoms with E-state index in [1.807, 2.05) is 19.1 Å². The average Bonchev–Trinajstić information content (AvgIpc) is 2.07. The second-order valence-corrected chi connectivity index (χ2v) is 2.32. The molecule has 0 bridgehead atoms. The molecule has 0 N–H and O–H groups in total. The normalized spacial score (nSPS) is 9.64. The Kier molecular flexibility index (Phi) is 3.17. The summed E-state index contributed by atoms with van der Waals surface area (Å²) in [7, 11) is 0. The Morgan fingerprint density at radius 3 is 2.82 bits per heavy atom. The molecule has 0 atom stereocenters. The minimum absolute atomic E-state index is 0.451. The lowest BCUT2D eigenvalue weighted by Crippen LogP contribution is -1.92. The third-order valence-corrected chi connectivity index (χ3v) is 1.52. The van der Waals surface area contributed by atoms with Crippen molar-refractivity contribution in [3.05, 3.63) is 24.0 Å². The molecule has 3 heteroatoms. The highest BCUT2D eigenvalue weighted by Gasteiger charge is 1.93. The van der Waals surface area contributed by atoms with Gasteiger partial charge in [0.25, 0.3) is 0 Å². The van der Waals surface area contributed by atoms with Crippen molar-refractivity contribution in [3.8, 4) is 5.75 Å². The molecule has 0 saturated carbocycles. The van der Waals surface area contributed by atoms with E-state index in [0.717, 1.165) is 11.4 Å². The van der Waals surface area contributed by atoms with Gasteiger partial charge in [-0.25, -0.2) is 0 Å². The lowest BCUT2D eigenvalue weighted by molar-refractivity contribution is 0.338. The molecule has 0 aliphatic carbocycles. The molecule has 11 heavy (non-hydrogen) atoms. The van der Waals surface area contributed by atoms with Gasteiger partial charge in [0, 0.05) is 0 Å². The van der Waals surface area contributed by atoms with Crippen LogP contribution < -0.4 is 4.74 Å². The molecule has 0 amide bonds. The summed E-state index contributed by atoms with van der Waals surface area (Å²) in [5.74, 6) is 1.24. The van der Waals surface area contributed by atoms with E-state index < -0.39 is 0 Å². The zero-order chi connectivity index (χ0) is 8.10. The molecule has 0 aliphatic rings. The Bertz CT molecular complexity index is 210. The number of alkyl halides is 1. The van der Waals surface area contributed by atoms with Crippen LogP contribution in [0.5, 0.6) is 5.75 Å². The van der Waals surface area contributed by atoms with Crippen LogP contribution in [0.2, 0.25) is 0 Å². The van der Waals surface area contributed by atoms with Gasteiger partial charge in [0.2, 0.25) is 0 Å². The van der Waals surface area contributed by atoms with Crippen LogP contribution in [0.4, 0.5) is 0 Å². The van der Waals surface area contributed by atoms with E-state index in [1.165, 1.54) is 0 Å². The van der Waals surface area contributed by atoms with Gasteiger partial charge in [0.05, 0.1) is 24.4 Å². The highest BCUT2D eigenvalue weighted by atomic mass is 35.5. The number of hydrogen-bond acceptors (Lipinski definition) is 2. The first-order chi connectivity index (χ1) is 5.36. The molecule has 1 aromatic rings. The summed E-state index contributed by atoms with van der Waals surface area (Å²) < 4.78 is 5.20. The highest BCUT2D eigenvalue weighted by molar-refractivity contribution is 6.16. The monoisotopic (exact) mass is 171 g/mol. The molecular formula is C8H10ClNO. The van der Waals surface area contributed by atoms with Crippen LogP contribution >= 0.6 is 11.6 Å². The van der Waals surface area contributed by atoms with Crippen LogP contribution in [0.25, 0.3) is 0 Å². The van der Waals surface area contributed by atoms with E-state index in [-0.39, 0.29) is 0 Å². The summed E-state index contributed by atoms with van der Waals surface area (Å²) in [6, 6.07) is 3.73. The fraction of sp³-hybridized carbons (Fsp3) is 0.375. The van der Waals surface area contributed by atoms with E-state index in [4.69, 9.17) is 16.3 Å². The Labute approximate surface area is 71.2 Å². The fourth-order valence-electron chi connectivity index (χ4n) is 0.742. The number of rotatable bonds is 3. The Balaban J connectivity index is 2.66. The molecule has 0 spiro atoms. The second kappa shape index (κ2) is 4.19. The van der Waals surface area contributed by atoms with E-state index in [0.29, 0.717) is 12.5 Å². The maximum absolute atomic E-state index is 5.55. The first-order valence-electron chi connectivity index (χ1n) is 3.50. The first-order valence-corrected chi connectivity index (χ1v) is 4.04. The molecule has 60 valence electrons. The van der Waals surface area contributed by atoms with Crippen molar-refractivity contribution in [3.63, 3.8) is 0 Å². The number of ether oxygens (including phenoxy) is 1. The molecule has 0 radical (unpaired) electrons. The number of halogens is 1. The predicted octanol–water partition coefficient (Wildman–Crippen LogP) is 2.22. The van der Waals surface area contributed by atoms with Crippen molar-refractivity contribution in [2.75, 3.05) is 6.61 Å². The summed E-state index contributed by atoms with van der Waals surface area (Å²) >= 11 is 5.55. The number of pyridine rings is 1. The second-order valence-electron chi connectivity index (χ2n) is 2.05. The summed E-state index contributed by atoms with van der Waals surface area (Å²) in [6.45, 7) is 2.61. The van der Waals surface area contributed by atoms with E-state index in [2.05, 4.69) is 4.98 Å². The van der Waals surface area contributed by atoms with Gasteiger partial charge in [-0.15, -0.1) is 11.6 Å². The SMILES string of the molecule is CCOc1ccc(CCl)nc1. The predicted molar refractivity (Wildman–Crippen MR) is 45.0 cm³/mol. The zero-order valence-electron chi connectivity index (χ0n) is 6.38. The quantitative estimate of drug-likeness (QED) is 0.651. The number of nitrogens with zero attached hydrogens (tertiary/aromatic N) is 1. The van der Waals surface area contributed by atoms with Gasteiger partial charge in [-0.2, -0.15) is 0 Å². The molecule has 0 aliphatic heterocycles. The van der Waals surface area contributed by atoms with E-state index in [9.17, 15) is 0 Å². The van der Waals surface area contributed by atoms with Gasteiger partial charge in [-0.05, 0) is 19.1 Å². The third-order valence-electron chi connectivity index (χ3n) is 1.25. The fourth-order valence-corrected chi connectivity index (χ4v) is 0.900. The van der Waals surface area contributed by atoms with Gasteiger partial charge >= 0.3 is 0 Å². The van der Waals surface area contributed by atoms with Crippen molar-refractivity contribution in [2.45, 2.75) is 12.8 Å². The minimum Gasteiger partial charge on any atom is -0.492 e. The smallest absolute Gasteiger partial charge is 0.137 e. The molecule has 0 saturated heterocycles. The molecular weight excluding hydrogens is 162 g/mol. The molecule has 2 nitrogen and oxygen atoms in total. The maximum Gasteiger partial charge on any atom is 0.137 e. The maximum atomic E-state index is 5.55. The third kappa shape index (κ3) is 2.39. The molecule has 0 aromatic carbocycles. The number of aromatic nitrogens is 1. The highest BCUT2D eigenvalue weighted by Crippen LogP contribution is 2.09. The lowest BCUT2D eigenvalue weighted by atomic mass is 10.4. The van der Waals surface area contributed by atoms with Crippen molar-refractivity contribution >= 4 is 11.6 Å². The van der Waals surface area contributed by atoms with Crippen molar-refractivity contribution in [1.29, 1.82) is 0 Å². The van der Waals surface area contributed by atoms with Crippen LogP contribution in [0, 0.1) is 0 Å². The number of hydrogen-bond donors (Lipinski definition) is 0. The summed E-state index contributed by atoms with van der Waals surface area (Å²) in [5, 5.41) is 0. The molecule has 0 fully saturated rings. The summed E-state index contributed by atoms with van der Waals surface area (Å²) in [5.41, 5.74) is 0.870. The van der Waals surface area contributed by atoms with Gasteiger partial charge in [-0.1, -0.05) is 0 Å². The van der Waals surface area contributed by atoms with E-state index >= 15 is 0 Å². The zero-order valence-corrected chi connectivity index (χ0v) is 7.14. The van der Waals surface area contributed by atoms with Gasteiger partial charge in [0.1, 0.15) is 5.75 Å². The topological polar surface area (TPSA) is 22.1 Å². The van der Waals surface area contributed by atoms with Crippen LogP contribution in [-0.2, 0) is 5.88 Å². The summed E-state index contributed by atoms with van der Waals surface area (Å²) in [4.78, 5) is 4.06. The Morgan fingerprint density at radius 2 is 2.36 bits per heavy atom. The van der Waals surface area contributed by atoms with Crippen LogP contribution in [0.15, 0.2) is 18.3 Å². The first kappa shape index (κ1) is 8.34. The molecule has 1 rings (SSSR count). The van der Waals surface area contributed by atoms with Gasteiger partial charge in [0.15, 0.2) is 0 Å². The van der Waals surface area contributed by atoms with Gasteiger partial charge < -0.3 is 4.74 Å². The van der Waals surface area contributed by atoms with E-state index in [1.54, 1.807) is 6.20 Å². The molecule has 1 aromatic heterocycles. The minimum atomic E-state index is 0.451. The van der Waals surface area contributed by atoms with Crippen LogP contribution in [0.1, 0.15) is 12.6 Å². The molecule has 1 heterocycles. The van der Waals surface area contributed by atoms with Crippen molar-refractivity contribution < 1.29 is 4.74 Å². The Morgan fingerprint density at radius 1 is 1.55 bits per heavy atom. The van der Waals surface area contributed by atoms with Crippen LogP contribution in [-0.4, -0.2) is 11.6 Å². The van der Waals surface area contributed by atoms with Crippen LogP contribution in [0.3, 0.4) is 0 Å². The standard InChI is InChI=1S/C8H10ClNO/c1-2-11-8-4-3-7(5-9)10-6-8/h3-4,6H,2,5H2,1H3. The van der Waals surface area contributed by atoms with Crippen molar-refractivity contribution in [2.24, 2.45) is 0 Å². The largest absolute Gasteiger partial charge is 0.492 e. The average molecular weight is 172 g/mol. The van der Waals surface area contributed by atoms with Crippen molar-refractivity contribution in [1.82, 2.24) is 4.98 Å². The molecule has 0 unspecified atom stereocenters. The Hall–Kier alpha value is -0.760. The lowest BCUT2D eigenvalue weighted by Gasteiger charge is -2.01. The summed E-state index contributed by atoms with van der Waals surface area (Å²) in [6.07, 6.45) is 1.68.